The van der Waals surface area contributed by atoms with E-state index in [9.17, 15) is 0 Å². The van der Waals surface area contributed by atoms with Crippen molar-refractivity contribution in [2.75, 3.05) is 0 Å². The molecule has 2 unspecified atom stereocenters. The van der Waals surface area contributed by atoms with Gasteiger partial charge in [-0.05, 0) is 32.3 Å². The first-order valence-corrected chi connectivity index (χ1v) is 6.21. The average Bonchev–Trinajstić information content (AvgIpc) is 2.18. The summed E-state index contributed by atoms with van der Waals surface area (Å²) < 4.78 is 6.01. The van der Waals surface area contributed by atoms with Gasteiger partial charge in [0.25, 0.3) is 0 Å². The molecule has 1 saturated carbocycles. The van der Waals surface area contributed by atoms with Crippen molar-refractivity contribution >= 4 is 11.6 Å². The van der Waals surface area contributed by atoms with E-state index < -0.39 is 0 Å². The van der Waals surface area contributed by atoms with Gasteiger partial charge in [0.05, 0.1) is 12.2 Å². The van der Waals surface area contributed by atoms with Gasteiger partial charge in [0.2, 0.25) is 0 Å². The molecule has 0 aromatic heterocycles. The van der Waals surface area contributed by atoms with Crippen LogP contribution in [0.25, 0.3) is 0 Å². The van der Waals surface area contributed by atoms with Crippen molar-refractivity contribution in [1.29, 1.82) is 0 Å². The molecular weight excluding hydrogens is 222 g/mol. The molecule has 2 nitrogen and oxygen atoms in total. The highest BCUT2D eigenvalue weighted by Gasteiger charge is 2.26. The Kier molecular flexibility index (Phi) is 3.85. The van der Waals surface area contributed by atoms with Gasteiger partial charge in [-0.15, -0.1) is 0 Å². The fourth-order valence-electron chi connectivity index (χ4n) is 1.90. The number of ether oxygens (including phenoxy) is 1. The standard InChI is InChI=1S/C13H18ClNO/c1-9(15)13(16-10-5-4-6-10)11-7-2-3-8-12(11)14/h2-3,7-10,13H,4-6,15H2,1H3. The molecule has 0 spiro atoms. The third-order valence-electron chi connectivity index (χ3n) is 3.08. The molecule has 2 atom stereocenters. The second kappa shape index (κ2) is 5.17. The Labute approximate surface area is 102 Å². The molecule has 1 aromatic carbocycles. The Balaban J connectivity index is 2.14. The van der Waals surface area contributed by atoms with Crippen molar-refractivity contribution in [3.8, 4) is 0 Å². The Morgan fingerprint density at radius 3 is 2.56 bits per heavy atom. The number of halogens is 1. The average molecular weight is 240 g/mol. The van der Waals surface area contributed by atoms with E-state index in [0.717, 1.165) is 23.4 Å². The predicted octanol–water partition coefficient (Wildman–Crippen LogP) is 3.30. The molecule has 3 heteroatoms. The lowest BCUT2D eigenvalue weighted by atomic mass is 9.95. The van der Waals surface area contributed by atoms with Crippen LogP contribution in [0.5, 0.6) is 0 Å². The maximum Gasteiger partial charge on any atom is 0.0991 e. The van der Waals surface area contributed by atoms with Gasteiger partial charge in [0, 0.05) is 16.6 Å². The maximum atomic E-state index is 6.17. The SMILES string of the molecule is CC(N)C(OC1CCC1)c1ccccc1Cl. The Bertz CT molecular complexity index is 350. The van der Waals surface area contributed by atoms with Gasteiger partial charge in [0.1, 0.15) is 0 Å². The first-order chi connectivity index (χ1) is 7.68. The van der Waals surface area contributed by atoms with Crippen LogP contribution in [0.4, 0.5) is 0 Å². The summed E-state index contributed by atoms with van der Waals surface area (Å²) in [6, 6.07) is 7.74. The van der Waals surface area contributed by atoms with E-state index in [0.29, 0.717) is 6.10 Å². The second-order valence-corrected chi connectivity index (χ2v) is 4.90. The highest BCUT2D eigenvalue weighted by molar-refractivity contribution is 6.31. The highest BCUT2D eigenvalue weighted by Crippen LogP contribution is 2.33. The lowest BCUT2D eigenvalue weighted by Crippen LogP contribution is -2.33. The van der Waals surface area contributed by atoms with Crippen LogP contribution in [-0.2, 0) is 4.74 Å². The number of benzene rings is 1. The minimum atomic E-state index is -0.0843. The third kappa shape index (κ3) is 2.57. The maximum absolute atomic E-state index is 6.17. The van der Waals surface area contributed by atoms with Crippen LogP contribution in [0.1, 0.15) is 37.9 Å². The van der Waals surface area contributed by atoms with Gasteiger partial charge in [-0.1, -0.05) is 29.8 Å². The number of hydrogen-bond donors (Lipinski definition) is 1. The van der Waals surface area contributed by atoms with Gasteiger partial charge >= 0.3 is 0 Å². The minimum absolute atomic E-state index is 0.0412. The van der Waals surface area contributed by atoms with Crippen LogP contribution in [0.15, 0.2) is 24.3 Å². The zero-order valence-corrected chi connectivity index (χ0v) is 10.3. The molecule has 0 saturated heterocycles. The summed E-state index contributed by atoms with van der Waals surface area (Å²) in [6.45, 7) is 1.96. The summed E-state index contributed by atoms with van der Waals surface area (Å²) in [5.41, 5.74) is 6.99. The first-order valence-electron chi connectivity index (χ1n) is 5.84. The van der Waals surface area contributed by atoms with E-state index in [4.69, 9.17) is 22.1 Å². The molecule has 1 aromatic rings. The summed E-state index contributed by atoms with van der Waals surface area (Å²) in [5, 5.41) is 0.740. The summed E-state index contributed by atoms with van der Waals surface area (Å²) in [7, 11) is 0. The Morgan fingerprint density at radius 1 is 1.38 bits per heavy atom. The molecule has 2 rings (SSSR count). The smallest absolute Gasteiger partial charge is 0.0991 e. The largest absolute Gasteiger partial charge is 0.369 e. The van der Waals surface area contributed by atoms with Crippen LogP contribution < -0.4 is 5.73 Å². The normalized spacial score (nSPS) is 20.2. The van der Waals surface area contributed by atoms with Crippen molar-refractivity contribution in [3.05, 3.63) is 34.9 Å². The molecule has 0 heterocycles. The van der Waals surface area contributed by atoms with Crippen molar-refractivity contribution in [3.63, 3.8) is 0 Å². The molecule has 0 radical (unpaired) electrons. The Morgan fingerprint density at radius 2 is 2.06 bits per heavy atom. The lowest BCUT2D eigenvalue weighted by molar-refractivity contribution is -0.0610. The topological polar surface area (TPSA) is 35.2 Å². The lowest BCUT2D eigenvalue weighted by Gasteiger charge is -2.32. The van der Waals surface area contributed by atoms with Gasteiger partial charge in [0.15, 0.2) is 0 Å². The van der Waals surface area contributed by atoms with Gasteiger partial charge in [-0.3, -0.25) is 0 Å². The Hall–Kier alpha value is -0.570. The molecule has 1 aliphatic rings. The summed E-state index contributed by atoms with van der Waals surface area (Å²) >= 11 is 6.17. The summed E-state index contributed by atoms with van der Waals surface area (Å²) in [5.74, 6) is 0. The molecular formula is C13H18ClNO. The van der Waals surface area contributed by atoms with Crippen LogP contribution in [-0.4, -0.2) is 12.1 Å². The minimum Gasteiger partial charge on any atom is -0.369 e. The van der Waals surface area contributed by atoms with Gasteiger partial charge in [-0.2, -0.15) is 0 Å². The quantitative estimate of drug-likeness (QED) is 0.875. The van der Waals surface area contributed by atoms with Gasteiger partial charge in [-0.25, -0.2) is 0 Å². The molecule has 0 amide bonds. The van der Waals surface area contributed by atoms with E-state index in [2.05, 4.69) is 0 Å². The second-order valence-electron chi connectivity index (χ2n) is 4.49. The van der Waals surface area contributed by atoms with E-state index in [1.165, 1.54) is 6.42 Å². The van der Waals surface area contributed by atoms with Crippen molar-refractivity contribution in [2.24, 2.45) is 5.73 Å². The fourth-order valence-corrected chi connectivity index (χ4v) is 2.14. The number of nitrogens with two attached hydrogens (primary N) is 1. The van der Waals surface area contributed by atoms with E-state index in [1.807, 2.05) is 31.2 Å². The van der Waals surface area contributed by atoms with Crippen LogP contribution in [0, 0.1) is 0 Å². The van der Waals surface area contributed by atoms with Crippen LogP contribution in [0.3, 0.4) is 0 Å². The number of hydrogen-bond acceptors (Lipinski definition) is 2. The van der Waals surface area contributed by atoms with Crippen LogP contribution >= 0.6 is 11.6 Å². The van der Waals surface area contributed by atoms with E-state index in [1.54, 1.807) is 0 Å². The van der Waals surface area contributed by atoms with Crippen molar-refractivity contribution in [2.45, 2.75) is 44.4 Å². The first kappa shape index (κ1) is 11.9. The molecule has 1 fully saturated rings. The molecule has 2 N–H and O–H groups in total. The molecule has 88 valence electrons. The third-order valence-corrected chi connectivity index (χ3v) is 3.42. The summed E-state index contributed by atoms with van der Waals surface area (Å²) in [6.07, 6.45) is 3.84. The molecule has 16 heavy (non-hydrogen) atoms. The fraction of sp³-hybridized carbons (Fsp3) is 0.538. The van der Waals surface area contributed by atoms with E-state index >= 15 is 0 Å². The van der Waals surface area contributed by atoms with E-state index in [-0.39, 0.29) is 12.1 Å². The molecule has 0 aliphatic heterocycles. The zero-order chi connectivity index (χ0) is 11.5. The monoisotopic (exact) mass is 239 g/mol. The number of rotatable bonds is 4. The predicted molar refractivity (Wildman–Crippen MR) is 66.6 cm³/mol. The van der Waals surface area contributed by atoms with Crippen molar-refractivity contribution in [1.82, 2.24) is 0 Å². The summed E-state index contributed by atoms with van der Waals surface area (Å²) in [4.78, 5) is 0. The molecule has 0 bridgehead atoms. The van der Waals surface area contributed by atoms with Crippen LogP contribution in [0.2, 0.25) is 5.02 Å². The van der Waals surface area contributed by atoms with Gasteiger partial charge < -0.3 is 10.5 Å². The molecule has 1 aliphatic carbocycles. The van der Waals surface area contributed by atoms with Crippen molar-refractivity contribution < 1.29 is 4.74 Å². The zero-order valence-electron chi connectivity index (χ0n) is 9.53. The highest BCUT2D eigenvalue weighted by atomic mass is 35.5.